The highest BCUT2D eigenvalue weighted by atomic mass is 32.2. The van der Waals surface area contributed by atoms with E-state index < -0.39 is 27.9 Å². The molecule has 0 radical (unpaired) electrons. The number of amides is 1. The fraction of sp³-hybridized carbons (Fsp3) is 0.429. The van der Waals surface area contributed by atoms with Crippen LogP contribution in [0.1, 0.15) is 20.3 Å². The Balaban J connectivity index is 2.52. The van der Waals surface area contributed by atoms with E-state index in [-0.39, 0.29) is 17.9 Å². The smallest absolute Gasteiger partial charge is 0.325 e. The summed E-state index contributed by atoms with van der Waals surface area (Å²) in [4.78, 5) is 22.1. The van der Waals surface area contributed by atoms with Gasteiger partial charge in [-0.05, 0) is 38.1 Å². The molecule has 128 valence electrons. The Morgan fingerprint density at radius 1 is 1.26 bits per heavy atom. The third-order valence-electron chi connectivity index (χ3n) is 2.84. The van der Waals surface area contributed by atoms with E-state index in [4.69, 9.17) is 9.84 Å². The Kier molecular flexibility index (Phi) is 6.98. The lowest BCUT2D eigenvalue weighted by Crippen LogP contribution is -2.39. The summed E-state index contributed by atoms with van der Waals surface area (Å²) < 4.78 is 31.6. The second kappa shape index (κ2) is 8.49. The minimum atomic E-state index is -3.73. The highest BCUT2D eigenvalue weighted by Crippen LogP contribution is 2.15. The first-order valence-electron chi connectivity index (χ1n) is 7.01. The van der Waals surface area contributed by atoms with Crippen molar-refractivity contribution in [1.82, 2.24) is 10.0 Å². The standard InChI is InChI=1S/C14H20N2O6S/c1-3-22-11-4-6-12(7-5-11)23(20,21)15-9-8-13(17)16-10(2)14(18)19/h4-7,10,15H,3,8-9H2,1-2H3,(H,16,17)(H,18,19)/t10-/m1/s1. The predicted octanol–water partition coefficient (Wildman–Crippen LogP) is 0.343. The van der Waals surface area contributed by atoms with Crippen molar-refractivity contribution >= 4 is 21.9 Å². The molecule has 3 N–H and O–H groups in total. The zero-order valence-electron chi connectivity index (χ0n) is 12.9. The van der Waals surface area contributed by atoms with Crippen LogP contribution in [-0.2, 0) is 19.6 Å². The van der Waals surface area contributed by atoms with Crippen LogP contribution in [-0.4, -0.2) is 44.6 Å². The molecule has 9 heteroatoms. The Morgan fingerprint density at radius 2 is 1.87 bits per heavy atom. The van der Waals surface area contributed by atoms with Crippen molar-refractivity contribution in [3.05, 3.63) is 24.3 Å². The summed E-state index contributed by atoms with van der Waals surface area (Å²) in [6.45, 7) is 3.49. The molecule has 8 nitrogen and oxygen atoms in total. The number of rotatable bonds is 9. The highest BCUT2D eigenvalue weighted by Gasteiger charge is 2.16. The Labute approximate surface area is 134 Å². The van der Waals surface area contributed by atoms with Crippen LogP contribution in [0.3, 0.4) is 0 Å². The fourth-order valence-electron chi connectivity index (χ4n) is 1.64. The van der Waals surface area contributed by atoms with E-state index >= 15 is 0 Å². The summed E-state index contributed by atoms with van der Waals surface area (Å²) in [6, 6.07) is 4.86. The number of hydrogen-bond acceptors (Lipinski definition) is 5. The van der Waals surface area contributed by atoms with E-state index in [9.17, 15) is 18.0 Å². The van der Waals surface area contributed by atoms with Gasteiger partial charge in [0, 0.05) is 13.0 Å². The van der Waals surface area contributed by atoms with Gasteiger partial charge in [-0.3, -0.25) is 9.59 Å². The quantitative estimate of drug-likeness (QED) is 0.594. The van der Waals surface area contributed by atoms with Crippen molar-refractivity contribution in [3.63, 3.8) is 0 Å². The van der Waals surface area contributed by atoms with Crippen LogP contribution in [0.25, 0.3) is 0 Å². The summed E-state index contributed by atoms with van der Waals surface area (Å²) in [7, 11) is -3.73. The second-order valence-corrected chi connectivity index (χ2v) is 6.45. The van der Waals surface area contributed by atoms with Crippen LogP contribution in [0, 0.1) is 0 Å². The number of carbonyl (C=O) groups excluding carboxylic acids is 1. The summed E-state index contributed by atoms with van der Waals surface area (Å²) >= 11 is 0. The Bertz CT molecular complexity index is 642. The maximum Gasteiger partial charge on any atom is 0.325 e. The average molecular weight is 344 g/mol. The fourth-order valence-corrected chi connectivity index (χ4v) is 2.67. The van der Waals surface area contributed by atoms with Gasteiger partial charge in [-0.1, -0.05) is 0 Å². The van der Waals surface area contributed by atoms with E-state index in [0.29, 0.717) is 12.4 Å². The van der Waals surface area contributed by atoms with Crippen LogP contribution in [0.5, 0.6) is 5.75 Å². The number of carboxylic acids is 1. The van der Waals surface area contributed by atoms with Crippen molar-refractivity contribution in [3.8, 4) is 5.75 Å². The van der Waals surface area contributed by atoms with Crippen LogP contribution in [0.4, 0.5) is 0 Å². The topological polar surface area (TPSA) is 122 Å². The van der Waals surface area contributed by atoms with Gasteiger partial charge in [0.25, 0.3) is 0 Å². The van der Waals surface area contributed by atoms with Gasteiger partial charge in [-0.15, -0.1) is 0 Å². The number of benzene rings is 1. The van der Waals surface area contributed by atoms with Crippen LogP contribution in [0.15, 0.2) is 29.2 Å². The molecule has 1 atom stereocenters. The summed E-state index contributed by atoms with van der Waals surface area (Å²) in [5.41, 5.74) is 0. The lowest BCUT2D eigenvalue weighted by Gasteiger charge is -2.10. The molecule has 0 aliphatic rings. The molecule has 0 saturated heterocycles. The number of carboxylic acid groups (broad SMARTS) is 1. The lowest BCUT2D eigenvalue weighted by molar-refractivity contribution is -0.141. The molecule has 0 aliphatic carbocycles. The molecule has 0 saturated carbocycles. The lowest BCUT2D eigenvalue weighted by atomic mass is 10.3. The van der Waals surface area contributed by atoms with Crippen LogP contribution < -0.4 is 14.8 Å². The summed E-state index contributed by atoms with van der Waals surface area (Å²) in [6.07, 6.45) is -0.159. The van der Waals surface area contributed by atoms with Gasteiger partial charge in [0.1, 0.15) is 11.8 Å². The second-order valence-electron chi connectivity index (χ2n) is 4.68. The molecule has 1 rings (SSSR count). The van der Waals surface area contributed by atoms with Crippen LogP contribution >= 0.6 is 0 Å². The third kappa shape index (κ3) is 6.25. The third-order valence-corrected chi connectivity index (χ3v) is 4.31. The minimum absolute atomic E-state index is 0.0558. The van der Waals surface area contributed by atoms with Gasteiger partial charge < -0.3 is 15.2 Å². The predicted molar refractivity (Wildman–Crippen MR) is 82.7 cm³/mol. The number of ether oxygens (including phenoxy) is 1. The largest absolute Gasteiger partial charge is 0.494 e. The number of aliphatic carboxylic acids is 1. The molecule has 0 spiro atoms. The molecule has 23 heavy (non-hydrogen) atoms. The highest BCUT2D eigenvalue weighted by molar-refractivity contribution is 7.89. The molecular weight excluding hydrogens is 324 g/mol. The monoisotopic (exact) mass is 344 g/mol. The molecular formula is C14H20N2O6S. The Hall–Kier alpha value is -2.13. The van der Waals surface area contributed by atoms with E-state index in [2.05, 4.69) is 10.0 Å². The molecule has 0 unspecified atom stereocenters. The first-order chi connectivity index (χ1) is 10.8. The van der Waals surface area contributed by atoms with Gasteiger partial charge in [0.05, 0.1) is 11.5 Å². The maximum atomic E-state index is 12.0. The van der Waals surface area contributed by atoms with Gasteiger partial charge in [-0.2, -0.15) is 0 Å². The number of nitrogens with one attached hydrogen (secondary N) is 2. The molecule has 0 fully saturated rings. The molecule has 0 aromatic heterocycles. The number of sulfonamides is 1. The first kappa shape index (κ1) is 18.9. The molecule has 0 aliphatic heterocycles. The normalized spacial score (nSPS) is 12.4. The van der Waals surface area contributed by atoms with Crippen molar-refractivity contribution in [2.75, 3.05) is 13.2 Å². The van der Waals surface area contributed by atoms with Crippen molar-refractivity contribution in [1.29, 1.82) is 0 Å². The zero-order chi connectivity index (χ0) is 17.5. The van der Waals surface area contributed by atoms with Gasteiger partial charge in [-0.25, -0.2) is 13.1 Å². The Morgan fingerprint density at radius 3 is 2.39 bits per heavy atom. The first-order valence-corrected chi connectivity index (χ1v) is 8.49. The van der Waals surface area contributed by atoms with Crippen molar-refractivity contribution in [2.45, 2.75) is 31.2 Å². The minimum Gasteiger partial charge on any atom is -0.494 e. The van der Waals surface area contributed by atoms with Gasteiger partial charge >= 0.3 is 5.97 Å². The van der Waals surface area contributed by atoms with E-state index in [1.54, 1.807) is 12.1 Å². The molecule has 0 bridgehead atoms. The average Bonchev–Trinajstić information content (AvgIpc) is 2.47. The molecule has 0 heterocycles. The van der Waals surface area contributed by atoms with E-state index in [1.807, 2.05) is 6.92 Å². The molecule has 1 aromatic rings. The van der Waals surface area contributed by atoms with E-state index in [1.165, 1.54) is 19.1 Å². The summed E-state index contributed by atoms with van der Waals surface area (Å²) in [5.74, 6) is -1.14. The van der Waals surface area contributed by atoms with Crippen molar-refractivity contribution < 1.29 is 27.9 Å². The zero-order valence-corrected chi connectivity index (χ0v) is 13.7. The molecule has 1 amide bonds. The van der Waals surface area contributed by atoms with Gasteiger partial charge in [0.15, 0.2) is 0 Å². The number of carbonyl (C=O) groups is 2. The SMILES string of the molecule is CCOc1ccc(S(=O)(=O)NCCC(=O)N[C@H](C)C(=O)O)cc1. The van der Waals surface area contributed by atoms with Gasteiger partial charge in [0.2, 0.25) is 15.9 Å². The number of hydrogen-bond donors (Lipinski definition) is 3. The molecule has 1 aromatic carbocycles. The van der Waals surface area contributed by atoms with Crippen molar-refractivity contribution in [2.24, 2.45) is 0 Å². The van der Waals surface area contributed by atoms with Crippen LogP contribution in [0.2, 0.25) is 0 Å². The maximum absolute atomic E-state index is 12.0. The summed E-state index contributed by atoms with van der Waals surface area (Å²) in [5, 5.41) is 10.9. The van der Waals surface area contributed by atoms with E-state index in [0.717, 1.165) is 0 Å².